The molecule has 1 unspecified atom stereocenters. The number of allylic oxidation sites excluding steroid dienone is 3. The fourth-order valence-corrected chi connectivity index (χ4v) is 5.48. The smallest absolute Gasteiger partial charge is 0.231 e. The molecule has 0 saturated carbocycles. The molecule has 4 aliphatic rings. The first-order chi connectivity index (χ1) is 18.1. The zero-order chi connectivity index (χ0) is 26.8. The molecule has 0 N–H and O–H groups in total. The Morgan fingerprint density at radius 1 is 1.00 bits per heavy atom. The van der Waals surface area contributed by atoms with Crippen LogP contribution in [0.4, 0.5) is 13.2 Å². The highest BCUT2D eigenvalue weighted by atomic mass is 19.2. The van der Waals surface area contributed by atoms with Crippen molar-refractivity contribution in [3.8, 4) is 11.5 Å². The van der Waals surface area contributed by atoms with Gasteiger partial charge in [-0.2, -0.15) is 0 Å². The lowest BCUT2D eigenvalue weighted by molar-refractivity contribution is -0.0456. The average molecular weight is 524 g/mol. The van der Waals surface area contributed by atoms with Crippen LogP contribution in [0.15, 0.2) is 65.1 Å². The van der Waals surface area contributed by atoms with Crippen LogP contribution in [0, 0.1) is 17.5 Å². The third-order valence-corrected chi connectivity index (χ3v) is 7.07. The Labute approximate surface area is 219 Å². The zero-order valence-electron chi connectivity index (χ0n) is 21.7. The first kappa shape index (κ1) is 24.7. The Kier molecular flexibility index (Phi) is 5.83. The molecule has 0 fully saturated rings. The summed E-state index contributed by atoms with van der Waals surface area (Å²) in [5.41, 5.74) is 5.45. The normalized spacial score (nSPS) is 19.8. The Morgan fingerprint density at radius 2 is 1.71 bits per heavy atom. The zero-order valence-corrected chi connectivity index (χ0v) is 21.7. The first-order valence-corrected chi connectivity index (χ1v) is 12.5. The van der Waals surface area contributed by atoms with Gasteiger partial charge in [0.25, 0.3) is 0 Å². The van der Waals surface area contributed by atoms with Crippen molar-refractivity contribution >= 4 is 5.70 Å². The second kappa shape index (κ2) is 8.98. The van der Waals surface area contributed by atoms with Gasteiger partial charge in [-0.1, -0.05) is 6.08 Å². The highest BCUT2D eigenvalue weighted by molar-refractivity contribution is 5.82. The maximum absolute atomic E-state index is 14.3. The molecule has 2 aromatic carbocycles. The molecule has 0 bridgehead atoms. The molecule has 1 atom stereocenters. The fraction of sp³-hybridized carbons (Fsp3) is 0.333. The van der Waals surface area contributed by atoms with E-state index in [-0.39, 0.29) is 13.2 Å². The molecule has 1 aliphatic carbocycles. The maximum Gasteiger partial charge on any atom is 0.231 e. The molecule has 3 heterocycles. The van der Waals surface area contributed by atoms with Gasteiger partial charge in [-0.3, -0.25) is 0 Å². The highest BCUT2D eigenvalue weighted by Gasteiger charge is 2.38. The number of halogens is 3. The van der Waals surface area contributed by atoms with Crippen LogP contribution in [-0.2, 0) is 22.3 Å². The monoisotopic (exact) mass is 523 g/mol. The van der Waals surface area contributed by atoms with Crippen molar-refractivity contribution in [1.82, 2.24) is 4.90 Å². The Morgan fingerprint density at radius 3 is 2.39 bits per heavy atom. The Hall–Kier alpha value is -3.65. The van der Waals surface area contributed by atoms with Gasteiger partial charge in [0.05, 0.1) is 18.4 Å². The summed E-state index contributed by atoms with van der Waals surface area (Å²) in [5.74, 6) is -1.88. The summed E-state index contributed by atoms with van der Waals surface area (Å²) in [6.45, 7) is 6.78. The predicted molar refractivity (Wildman–Crippen MR) is 136 cm³/mol. The number of methoxy groups -OCH3 is 1. The van der Waals surface area contributed by atoms with E-state index < -0.39 is 29.2 Å². The quantitative estimate of drug-likeness (QED) is 0.447. The molecule has 198 valence electrons. The summed E-state index contributed by atoms with van der Waals surface area (Å²) >= 11 is 0. The van der Waals surface area contributed by atoms with Crippen molar-refractivity contribution in [2.75, 3.05) is 20.4 Å². The first-order valence-electron chi connectivity index (χ1n) is 12.5. The summed E-state index contributed by atoms with van der Waals surface area (Å²) in [5, 5.41) is 0. The van der Waals surface area contributed by atoms with E-state index in [4.69, 9.17) is 18.9 Å². The SMILES string of the molecule is COC1=CC=C2C(=CN3CCc4cc5c(cc4C3=C2Cc2cc(F)c(F)c(F)c2)OCO5)C1OC(C)(C)C. The van der Waals surface area contributed by atoms with Gasteiger partial charge >= 0.3 is 0 Å². The van der Waals surface area contributed by atoms with Gasteiger partial charge in [-0.25, -0.2) is 13.2 Å². The second-order valence-electron chi connectivity index (χ2n) is 10.7. The predicted octanol–water partition coefficient (Wildman–Crippen LogP) is 6.20. The molecule has 5 nitrogen and oxygen atoms in total. The molecule has 0 spiro atoms. The molecule has 0 saturated heterocycles. The number of hydrogen-bond acceptors (Lipinski definition) is 5. The topological polar surface area (TPSA) is 40.2 Å². The standard InChI is InChI=1S/C30H28F3NO4/c1-30(2,3)38-29-21-14-34-8-7-17-12-25-26(37-15-36-25)13-19(17)28(34)20(18(21)5-6-24(29)35-4)9-16-10-22(31)27(33)23(32)11-16/h5-6,10-14,29H,7-9,15H2,1-4H3. The van der Waals surface area contributed by atoms with E-state index >= 15 is 0 Å². The number of fused-ring (bicyclic) bond motifs is 5. The van der Waals surface area contributed by atoms with Gasteiger partial charge in [0.1, 0.15) is 11.9 Å². The van der Waals surface area contributed by atoms with Gasteiger partial charge in [0, 0.05) is 30.3 Å². The summed E-state index contributed by atoms with van der Waals surface area (Å²) in [6, 6.07) is 6.08. The lowest BCUT2D eigenvalue weighted by atomic mass is 9.79. The molecule has 0 aromatic heterocycles. The Bertz CT molecular complexity index is 1440. The number of nitrogens with zero attached hydrogens (tertiary/aromatic N) is 1. The van der Waals surface area contributed by atoms with Gasteiger partial charge in [0.2, 0.25) is 6.79 Å². The van der Waals surface area contributed by atoms with Crippen molar-refractivity contribution in [3.05, 3.63) is 99.2 Å². The van der Waals surface area contributed by atoms with Gasteiger partial charge in [0.15, 0.2) is 29.0 Å². The van der Waals surface area contributed by atoms with Crippen LogP contribution in [0.5, 0.6) is 11.5 Å². The van der Waals surface area contributed by atoms with Gasteiger partial charge in [-0.15, -0.1) is 0 Å². The van der Waals surface area contributed by atoms with E-state index in [0.29, 0.717) is 29.4 Å². The molecule has 38 heavy (non-hydrogen) atoms. The summed E-state index contributed by atoms with van der Waals surface area (Å²) in [4.78, 5) is 2.15. The number of ether oxygens (including phenoxy) is 4. The number of rotatable bonds is 4. The van der Waals surface area contributed by atoms with E-state index in [1.165, 1.54) is 0 Å². The maximum atomic E-state index is 14.3. The number of benzene rings is 2. The molecule has 8 heteroatoms. The lowest BCUT2D eigenvalue weighted by Crippen LogP contribution is -2.37. The third-order valence-electron chi connectivity index (χ3n) is 7.07. The van der Waals surface area contributed by atoms with Crippen molar-refractivity contribution in [2.45, 2.75) is 45.3 Å². The van der Waals surface area contributed by atoms with Crippen LogP contribution in [0.3, 0.4) is 0 Å². The van der Waals surface area contributed by atoms with Crippen molar-refractivity contribution in [3.63, 3.8) is 0 Å². The highest BCUT2D eigenvalue weighted by Crippen LogP contribution is 2.48. The van der Waals surface area contributed by atoms with Gasteiger partial charge < -0.3 is 23.8 Å². The Balaban J connectivity index is 1.55. The molecular formula is C30H28F3NO4. The third kappa shape index (κ3) is 4.17. The lowest BCUT2D eigenvalue weighted by Gasteiger charge is -2.41. The van der Waals surface area contributed by atoms with E-state index in [1.54, 1.807) is 7.11 Å². The molecule has 0 radical (unpaired) electrons. The minimum absolute atomic E-state index is 0.160. The van der Waals surface area contributed by atoms with E-state index in [0.717, 1.165) is 52.1 Å². The average Bonchev–Trinajstić information content (AvgIpc) is 3.32. The summed E-state index contributed by atoms with van der Waals surface area (Å²) < 4.78 is 65.7. The van der Waals surface area contributed by atoms with E-state index in [1.807, 2.05) is 45.1 Å². The van der Waals surface area contributed by atoms with Crippen LogP contribution in [0.1, 0.15) is 37.5 Å². The van der Waals surface area contributed by atoms with E-state index in [9.17, 15) is 13.2 Å². The molecular weight excluding hydrogens is 495 g/mol. The molecule has 6 rings (SSSR count). The van der Waals surface area contributed by atoms with Crippen LogP contribution < -0.4 is 9.47 Å². The minimum atomic E-state index is -1.48. The fourth-order valence-electron chi connectivity index (χ4n) is 5.48. The minimum Gasteiger partial charge on any atom is -0.498 e. The molecule has 0 amide bonds. The second-order valence-corrected chi connectivity index (χ2v) is 10.7. The summed E-state index contributed by atoms with van der Waals surface area (Å²) in [6.07, 6.45) is 6.36. The van der Waals surface area contributed by atoms with Crippen molar-refractivity contribution in [2.24, 2.45) is 0 Å². The summed E-state index contributed by atoms with van der Waals surface area (Å²) in [7, 11) is 1.61. The van der Waals surface area contributed by atoms with Crippen LogP contribution in [0.2, 0.25) is 0 Å². The molecule has 2 aromatic rings. The van der Waals surface area contributed by atoms with Crippen LogP contribution in [-0.4, -0.2) is 37.1 Å². The van der Waals surface area contributed by atoms with Crippen LogP contribution in [0.25, 0.3) is 5.70 Å². The van der Waals surface area contributed by atoms with E-state index in [2.05, 4.69) is 11.1 Å². The van der Waals surface area contributed by atoms with Crippen LogP contribution >= 0.6 is 0 Å². The largest absolute Gasteiger partial charge is 0.498 e. The van der Waals surface area contributed by atoms with Gasteiger partial charge in [-0.05, 0) is 79.8 Å². The van der Waals surface area contributed by atoms with Crippen molar-refractivity contribution in [1.29, 1.82) is 0 Å². The van der Waals surface area contributed by atoms with Crippen molar-refractivity contribution < 1.29 is 32.1 Å². The molecule has 3 aliphatic heterocycles. The number of hydrogen-bond donors (Lipinski definition) is 0.